The first kappa shape index (κ1) is 19.3. The Hall–Kier alpha value is -3.49. The third kappa shape index (κ3) is 4.43. The van der Waals surface area contributed by atoms with Crippen molar-refractivity contribution in [1.82, 2.24) is 9.97 Å². The van der Waals surface area contributed by atoms with Gasteiger partial charge in [0.05, 0.1) is 16.9 Å². The Labute approximate surface area is 157 Å². The smallest absolute Gasteiger partial charge is 0.340 e. The summed E-state index contributed by atoms with van der Waals surface area (Å²) in [6.07, 6.45) is -4.56. The number of halogens is 4. The molecule has 0 aliphatic rings. The predicted octanol–water partition coefficient (Wildman–Crippen LogP) is 4.94. The van der Waals surface area contributed by atoms with Crippen LogP contribution in [0.25, 0.3) is 0 Å². The van der Waals surface area contributed by atoms with E-state index in [4.69, 9.17) is 0 Å². The number of amides is 1. The van der Waals surface area contributed by atoms with E-state index in [2.05, 4.69) is 20.6 Å². The first-order valence-corrected chi connectivity index (χ1v) is 8.09. The number of aryl methyl sites for hydroxylation is 1. The molecule has 0 atom stereocenters. The number of hydrogen-bond acceptors (Lipinski definition) is 4. The van der Waals surface area contributed by atoms with Crippen molar-refractivity contribution in [3.63, 3.8) is 0 Å². The first-order chi connectivity index (χ1) is 13.2. The molecular weight excluding hydrogens is 376 g/mol. The van der Waals surface area contributed by atoms with Gasteiger partial charge in [0.25, 0.3) is 5.91 Å². The van der Waals surface area contributed by atoms with Crippen LogP contribution in [0.1, 0.15) is 21.9 Å². The second-order valence-electron chi connectivity index (χ2n) is 5.79. The molecule has 3 aromatic rings. The Morgan fingerprint density at radius 2 is 1.61 bits per heavy atom. The van der Waals surface area contributed by atoms with E-state index in [-0.39, 0.29) is 28.7 Å². The van der Waals surface area contributed by atoms with Crippen molar-refractivity contribution >= 4 is 23.1 Å². The first-order valence-electron chi connectivity index (χ1n) is 8.09. The fourth-order valence-electron chi connectivity index (χ4n) is 2.47. The van der Waals surface area contributed by atoms with Crippen molar-refractivity contribution in [2.45, 2.75) is 13.1 Å². The topological polar surface area (TPSA) is 66.9 Å². The summed E-state index contributed by atoms with van der Waals surface area (Å²) >= 11 is 0. The number of nitrogens with one attached hydrogen (secondary N) is 2. The number of para-hydroxylation sites is 2. The largest absolute Gasteiger partial charge is 0.418 e. The predicted molar refractivity (Wildman–Crippen MR) is 95.8 cm³/mol. The Kier molecular flexibility index (Phi) is 5.25. The lowest BCUT2D eigenvalue weighted by atomic mass is 10.1. The van der Waals surface area contributed by atoms with Gasteiger partial charge >= 0.3 is 6.18 Å². The number of hydrogen-bond donors (Lipinski definition) is 2. The van der Waals surface area contributed by atoms with Gasteiger partial charge in [0.2, 0.25) is 0 Å². The monoisotopic (exact) mass is 390 g/mol. The summed E-state index contributed by atoms with van der Waals surface area (Å²) in [5, 5.41) is 4.93. The van der Waals surface area contributed by atoms with Crippen LogP contribution < -0.4 is 10.6 Å². The number of alkyl halides is 3. The summed E-state index contributed by atoms with van der Waals surface area (Å²) in [6.45, 7) is 1.49. The summed E-state index contributed by atoms with van der Waals surface area (Å²) < 4.78 is 53.1. The molecular formula is C19H14F4N4O. The number of anilines is 3. The Balaban J connectivity index is 1.89. The van der Waals surface area contributed by atoms with E-state index in [0.29, 0.717) is 0 Å². The van der Waals surface area contributed by atoms with E-state index < -0.39 is 23.5 Å². The van der Waals surface area contributed by atoms with Gasteiger partial charge in [-0.05, 0) is 31.2 Å². The highest BCUT2D eigenvalue weighted by atomic mass is 19.4. The summed E-state index contributed by atoms with van der Waals surface area (Å²) in [6, 6.07) is 11.7. The molecule has 2 aromatic carbocycles. The molecule has 1 aromatic heterocycles. The zero-order valence-electron chi connectivity index (χ0n) is 14.5. The maximum Gasteiger partial charge on any atom is 0.418 e. The van der Waals surface area contributed by atoms with Crippen molar-refractivity contribution in [2.75, 3.05) is 10.6 Å². The summed E-state index contributed by atoms with van der Waals surface area (Å²) in [5.74, 6) is -1.18. The third-order valence-corrected chi connectivity index (χ3v) is 3.69. The molecule has 3 rings (SSSR count). The lowest BCUT2D eigenvalue weighted by Crippen LogP contribution is -2.16. The minimum atomic E-state index is -4.56. The Bertz CT molecular complexity index is 1020. The van der Waals surface area contributed by atoms with Crippen LogP contribution in [0.4, 0.5) is 34.8 Å². The highest BCUT2D eigenvalue weighted by Gasteiger charge is 2.33. The number of carbonyl (C=O) groups excluding carboxylic acids is 1. The molecule has 0 saturated heterocycles. The number of carbonyl (C=O) groups is 1. The van der Waals surface area contributed by atoms with Gasteiger partial charge in [-0.2, -0.15) is 13.2 Å². The van der Waals surface area contributed by atoms with Crippen molar-refractivity contribution in [3.05, 3.63) is 77.5 Å². The summed E-state index contributed by atoms with van der Waals surface area (Å²) in [7, 11) is 0. The van der Waals surface area contributed by atoms with E-state index in [0.717, 1.165) is 6.07 Å². The summed E-state index contributed by atoms with van der Waals surface area (Å²) in [4.78, 5) is 20.4. The van der Waals surface area contributed by atoms with Gasteiger partial charge in [0.1, 0.15) is 23.2 Å². The van der Waals surface area contributed by atoms with E-state index in [1.165, 1.54) is 49.4 Å². The highest BCUT2D eigenvalue weighted by Crippen LogP contribution is 2.35. The van der Waals surface area contributed by atoms with Crippen molar-refractivity contribution < 1.29 is 22.4 Å². The van der Waals surface area contributed by atoms with Gasteiger partial charge in [-0.1, -0.05) is 24.3 Å². The standard InChI is InChI=1S/C19H14F4N4O/c1-11-24-16(18(28)27-15-9-5-3-7-13(15)20)10-17(25-11)26-14-8-4-2-6-12(14)19(21,22)23/h2-10H,1H3,(H,27,28)(H,24,25,26). The third-order valence-electron chi connectivity index (χ3n) is 3.69. The van der Waals surface area contributed by atoms with Crippen molar-refractivity contribution in [1.29, 1.82) is 0 Å². The molecule has 0 radical (unpaired) electrons. The lowest BCUT2D eigenvalue weighted by molar-refractivity contribution is -0.136. The van der Waals surface area contributed by atoms with E-state index >= 15 is 0 Å². The van der Waals surface area contributed by atoms with Crippen LogP contribution in [-0.4, -0.2) is 15.9 Å². The molecule has 144 valence electrons. The van der Waals surface area contributed by atoms with Crippen molar-refractivity contribution in [3.8, 4) is 0 Å². The molecule has 0 fully saturated rings. The number of aromatic nitrogens is 2. The SMILES string of the molecule is Cc1nc(Nc2ccccc2C(F)(F)F)cc(C(=O)Nc2ccccc2F)n1. The second kappa shape index (κ2) is 7.63. The molecule has 0 aliphatic heterocycles. The Morgan fingerprint density at radius 3 is 2.29 bits per heavy atom. The fraction of sp³-hybridized carbons (Fsp3) is 0.105. The van der Waals surface area contributed by atoms with Crippen LogP contribution in [0.5, 0.6) is 0 Å². The fourth-order valence-corrected chi connectivity index (χ4v) is 2.47. The molecule has 0 bridgehead atoms. The maximum absolute atomic E-state index is 13.7. The molecule has 1 heterocycles. The van der Waals surface area contributed by atoms with Crippen LogP contribution >= 0.6 is 0 Å². The average Bonchev–Trinajstić information content (AvgIpc) is 2.62. The summed E-state index contributed by atoms with van der Waals surface area (Å²) in [5.41, 5.74) is -1.25. The molecule has 0 unspecified atom stereocenters. The second-order valence-corrected chi connectivity index (χ2v) is 5.79. The van der Waals surface area contributed by atoms with Crippen LogP contribution in [0.2, 0.25) is 0 Å². The van der Waals surface area contributed by atoms with Crippen LogP contribution in [0.3, 0.4) is 0 Å². The number of benzene rings is 2. The van der Waals surface area contributed by atoms with Crippen molar-refractivity contribution in [2.24, 2.45) is 0 Å². The maximum atomic E-state index is 13.7. The normalized spacial score (nSPS) is 11.2. The minimum Gasteiger partial charge on any atom is -0.340 e. The van der Waals surface area contributed by atoms with Gasteiger partial charge in [-0.15, -0.1) is 0 Å². The lowest BCUT2D eigenvalue weighted by Gasteiger charge is -2.14. The van der Waals surface area contributed by atoms with Gasteiger partial charge < -0.3 is 10.6 Å². The van der Waals surface area contributed by atoms with Gasteiger partial charge in [-0.25, -0.2) is 14.4 Å². The molecule has 0 spiro atoms. The molecule has 28 heavy (non-hydrogen) atoms. The van der Waals surface area contributed by atoms with Gasteiger partial charge in [0.15, 0.2) is 0 Å². The van der Waals surface area contributed by atoms with E-state index in [1.54, 1.807) is 6.07 Å². The molecule has 9 heteroatoms. The zero-order chi connectivity index (χ0) is 20.3. The van der Waals surface area contributed by atoms with Gasteiger partial charge in [-0.3, -0.25) is 4.79 Å². The molecule has 2 N–H and O–H groups in total. The molecule has 0 aliphatic carbocycles. The zero-order valence-corrected chi connectivity index (χ0v) is 14.5. The minimum absolute atomic E-state index is 0.00267. The highest BCUT2D eigenvalue weighted by molar-refractivity contribution is 6.03. The quantitative estimate of drug-likeness (QED) is 0.620. The van der Waals surface area contributed by atoms with Crippen LogP contribution in [0, 0.1) is 12.7 Å². The Morgan fingerprint density at radius 1 is 0.964 bits per heavy atom. The number of rotatable bonds is 4. The van der Waals surface area contributed by atoms with Crippen LogP contribution in [-0.2, 0) is 6.18 Å². The van der Waals surface area contributed by atoms with E-state index in [1.807, 2.05) is 0 Å². The number of nitrogens with zero attached hydrogens (tertiary/aromatic N) is 2. The molecule has 0 saturated carbocycles. The van der Waals surface area contributed by atoms with Gasteiger partial charge in [0, 0.05) is 6.07 Å². The molecule has 5 nitrogen and oxygen atoms in total. The average molecular weight is 390 g/mol. The van der Waals surface area contributed by atoms with Crippen LogP contribution in [0.15, 0.2) is 54.6 Å². The van der Waals surface area contributed by atoms with E-state index in [9.17, 15) is 22.4 Å². The molecule has 1 amide bonds.